The molecule has 3 N–H and O–H groups in total. The van der Waals surface area contributed by atoms with Gasteiger partial charge in [-0.1, -0.05) is 0 Å². The molecule has 0 unspecified atom stereocenters. The first-order valence-electron chi connectivity index (χ1n) is 5.83. The van der Waals surface area contributed by atoms with Crippen LogP contribution in [-0.4, -0.2) is 41.5 Å². The van der Waals surface area contributed by atoms with Crippen molar-refractivity contribution in [1.82, 2.24) is 15.5 Å². The Hall–Kier alpha value is -2.34. The van der Waals surface area contributed by atoms with Crippen LogP contribution in [-0.2, 0) is 0 Å². The third kappa shape index (κ3) is 3.11. The molecule has 1 aromatic heterocycles. The van der Waals surface area contributed by atoms with Gasteiger partial charge in [-0.25, -0.2) is 0 Å². The molecule has 0 aliphatic carbocycles. The molecule has 1 aromatic carbocycles. The van der Waals surface area contributed by atoms with Crippen LogP contribution in [0, 0.1) is 0 Å². The van der Waals surface area contributed by atoms with Crippen molar-refractivity contribution in [1.29, 1.82) is 0 Å². The monoisotopic (exact) mass is 261 g/mol. The summed E-state index contributed by atoms with van der Waals surface area (Å²) < 4.78 is 5.08. The number of amides is 1. The Balaban J connectivity index is 2.13. The Labute approximate surface area is 110 Å². The number of hydrogen-bond donors (Lipinski definition) is 3. The van der Waals surface area contributed by atoms with E-state index in [1.807, 2.05) is 24.3 Å². The van der Waals surface area contributed by atoms with Crippen LogP contribution in [0.1, 0.15) is 10.5 Å². The van der Waals surface area contributed by atoms with Gasteiger partial charge in [-0.05, 0) is 30.3 Å². The van der Waals surface area contributed by atoms with Crippen LogP contribution in [0.5, 0.6) is 5.75 Å². The maximum atomic E-state index is 11.6. The first-order valence-corrected chi connectivity index (χ1v) is 5.83. The Kier molecular flexibility index (Phi) is 4.15. The van der Waals surface area contributed by atoms with Crippen molar-refractivity contribution >= 4 is 5.91 Å². The lowest BCUT2D eigenvalue weighted by atomic mass is 10.1. The summed E-state index contributed by atoms with van der Waals surface area (Å²) in [5.74, 6) is 0.474. The first kappa shape index (κ1) is 13.1. The second-order valence-corrected chi connectivity index (χ2v) is 3.87. The molecule has 0 saturated carbocycles. The Morgan fingerprint density at radius 2 is 2.16 bits per heavy atom. The molecule has 1 amide bonds. The highest BCUT2D eigenvalue weighted by atomic mass is 16.5. The summed E-state index contributed by atoms with van der Waals surface area (Å²) in [6.07, 6.45) is 0. The van der Waals surface area contributed by atoms with E-state index in [4.69, 9.17) is 9.84 Å². The molecule has 0 radical (unpaired) electrons. The van der Waals surface area contributed by atoms with E-state index in [0.717, 1.165) is 11.3 Å². The number of H-pyrrole nitrogens is 1. The molecule has 2 rings (SSSR count). The van der Waals surface area contributed by atoms with Crippen LogP contribution in [0.2, 0.25) is 0 Å². The van der Waals surface area contributed by atoms with Gasteiger partial charge in [0.25, 0.3) is 5.91 Å². The molecule has 0 aliphatic rings. The maximum absolute atomic E-state index is 11.6. The number of rotatable bonds is 5. The summed E-state index contributed by atoms with van der Waals surface area (Å²) in [5.41, 5.74) is 1.93. The number of aliphatic hydroxyl groups is 1. The maximum Gasteiger partial charge on any atom is 0.269 e. The van der Waals surface area contributed by atoms with E-state index in [2.05, 4.69) is 15.5 Å². The molecule has 2 aromatic rings. The summed E-state index contributed by atoms with van der Waals surface area (Å²) in [4.78, 5) is 11.6. The lowest BCUT2D eigenvalue weighted by Gasteiger charge is -2.00. The largest absolute Gasteiger partial charge is 0.497 e. The molecule has 0 saturated heterocycles. The minimum absolute atomic E-state index is 0.0920. The summed E-state index contributed by atoms with van der Waals surface area (Å²) >= 11 is 0. The van der Waals surface area contributed by atoms with E-state index in [1.54, 1.807) is 13.2 Å². The van der Waals surface area contributed by atoms with Gasteiger partial charge >= 0.3 is 0 Å². The molecule has 1 heterocycles. The van der Waals surface area contributed by atoms with Gasteiger partial charge in [0.1, 0.15) is 11.4 Å². The van der Waals surface area contributed by atoms with E-state index < -0.39 is 0 Å². The third-order valence-electron chi connectivity index (χ3n) is 2.61. The smallest absolute Gasteiger partial charge is 0.269 e. The highest BCUT2D eigenvalue weighted by Crippen LogP contribution is 2.20. The molecule has 0 aliphatic heterocycles. The zero-order valence-corrected chi connectivity index (χ0v) is 10.5. The average Bonchev–Trinajstić information content (AvgIpc) is 2.94. The number of ether oxygens (including phenoxy) is 1. The van der Waals surface area contributed by atoms with Gasteiger partial charge in [-0.3, -0.25) is 9.89 Å². The summed E-state index contributed by atoms with van der Waals surface area (Å²) in [7, 11) is 1.60. The predicted octanol–water partition coefficient (Wildman–Crippen LogP) is 0.807. The Morgan fingerprint density at radius 3 is 2.79 bits per heavy atom. The van der Waals surface area contributed by atoms with Gasteiger partial charge < -0.3 is 15.2 Å². The summed E-state index contributed by atoms with van der Waals surface area (Å²) in [5, 5.41) is 17.9. The Bertz CT molecular complexity index is 549. The summed E-state index contributed by atoms with van der Waals surface area (Å²) in [6.45, 7) is 0.126. The van der Waals surface area contributed by atoms with Crippen LogP contribution < -0.4 is 10.1 Å². The number of carbonyl (C=O) groups is 1. The molecule has 0 fully saturated rings. The lowest BCUT2D eigenvalue weighted by molar-refractivity contribution is 0.0940. The minimum atomic E-state index is -0.290. The van der Waals surface area contributed by atoms with E-state index in [-0.39, 0.29) is 19.1 Å². The topological polar surface area (TPSA) is 87.2 Å². The third-order valence-corrected chi connectivity index (χ3v) is 2.61. The zero-order valence-electron chi connectivity index (χ0n) is 10.5. The minimum Gasteiger partial charge on any atom is -0.497 e. The fraction of sp³-hybridized carbons (Fsp3) is 0.231. The lowest BCUT2D eigenvalue weighted by Crippen LogP contribution is -2.26. The highest BCUT2D eigenvalue weighted by molar-refractivity contribution is 5.93. The molecule has 0 bridgehead atoms. The van der Waals surface area contributed by atoms with E-state index in [9.17, 15) is 4.79 Å². The normalized spacial score (nSPS) is 10.2. The predicted molar refractivity (Wildman–Crippen MR) is 70.0 cm³/mol. The molecule has 19 heavy (non-hydrogen) atoms. The van der Waals surface area contributed by atoms with Gasteiger partial charge in [-0.15, -0.1) is 0 Å². The fourth-order valence-electron chi connectivity index (χ4n) is 1.61. The van der Waals surface area contributed by atoms with Crippen LogP contribution in [0.25, 0.3) is 11.3 Å². The Morgan fingerprint density at radius 1 is 1.42 bits per heavy atom. The summed E-state index contributed by atoms with van der Waals surface area (Å²) in [6, 6.07) is 9.05. The van der Waals surface area contributed by atoms with E-state index in [1.165, 1.54) is 0 Å². The van der Waals surface area contributed by atoms with Crippen LogP contribution in [0.15, 0.2) is 30.3 Å². The quantitative estimate of drug-likeness (QED) is 0.743. The van der Waals surface area contributed by atoms with Crippen molar-refractivity contribution in [3.63, 3.8) is 0 Å². The molecular formula is C13H15N3O3. The number of nitrogens with zero attached hydrogens (tertiary/aromatic N) is 1. The number of carbonyl (C=O) groups excluding carboxylic acids is 1. The van der Waals surface area contributed by atoms with Crippen molar-refractivity contribution in [2.45, 2.75) is 0 Å². The van der Waals surface area contributed by atoms with Crippen molar-refractivity contribution in [3.8, 4) is 17.0 Å². The van der Waals surface area contributed by atoms with Gasteiger partial charge in [0, 0.05) is 12.1 Å². The van der Waals surface area contributed by atoms with Crippen LogP contribution >= 0.6 is 0 Å². The zero-order chi connectivity index (χ0) is 13.7. The molecule has 0 atom stereocenters. The van der Waals surface area contributed by atoms with Gasteiger partial charge in [0.05, 0.1) is 19.4 Å². The number of nitrogens with one attached hydrogen (secondary N) is 2. The number of benzene rings is 1. The standard InChI is InChI=1S/C13H15N3O3/c1-19-10-4-2-9(3-5-10)11-8-12(16-15-11)13(18)14-6-7-17/h2-5,8,17H,6-7H2,1H3,(H,14,18)(H,15,16). The van der Waals surface area contributed by atoms with Crippen molar-refractivity contribution < 1.29 is 14.6 Å². The number of methoxy groups -OCH3 is 1. The van der Waals surface area contributed by atoms with Crippen LogP contribution in [0.3, 0.4) is 0 Å². The number of aliphatic hydroxyl groups excluding tert-OH is 1. The van der Waals surface area contributed by atoms with Crippen molar-refractivity contribution in [2.24, 2.45) is 0 Å². The molecule has 100 valence electrons. The second kappa shape index (κ2) is 6.01. The SMILES string of the molecule is COc1ccc(-c2cc(C(=O)NCCO)[nH]n2)cc1. The highest BCUT2D eigenvalue weighted by Gasteiger charge is 2.10. The van der Waals surface area contributed by atoms with Gasteiger partial charge in [0.15, 0.2) is 0 Å². The van der Waals surface area contributed by atoms with Crippen molar-refractivity contribution in [2.75, 3.05) is 20.3 Å². The van der Waals surface area contributed by atoms with Gasteiger partial charge in [0.2, 0.25) is 0 Å². The number of aromatic amines is 1. The average molecular weight is 261 g/mol. The first-order chi connectivity index (χ1) is 9.24. The molecule has 0 spiro atoms. The van der Waals surface area contributed by atoms with Gasteiger partial charge in [-0.2, -0.15) is 5.10 Å². The van der Waals surface area contributed by atoms with E-state index >= 15 is 0 Å². The second-order valence-electron chi connectivity index (χ2n) is 3.87. The number of hydrogen-bond acceptors (Lipinski definition) is 4. The van der Waals surface area contributed by atoms with Crippen LogP contribution in [0.4, 0.5) is 0 Å². The molecular weight excluding hydrogens is 246 g/mol. The molecule has 6 heteroatoms. The fourth-order valence-corrected chi connectivity index (χ4v) is 1.61. The van der Waals surface area contributed by atoms with Crippen molar-refractivity contribution in [3.05, 3.63) is 36.0 Å². The number of aromatic nitrogens is 2. The molecule has 6 nitrogen and oxygen atoms in total. The van der Waals surface area contributed by atoms with E-state index in [0.29, 0.717) is 11.4 Å².